The monoisotopic (exact) mass is 390 g/mol. The maximum Gasteiger partial charge on any atom is 0.255 e. The molecule has 5 heteroatoms. The first-order chi connectivity index (χ1) is 11.1. The summed E-state index contributed by atoms with van der Waals surface area (Å²) >= 11 is 5.33. The molecule has 0 aliphatic carbocycles. The molecule has 1 saturated heterocycles. The molecule has 2 aromatic rings. The molecule has 0 saturated carbocycles. The Labute approximate surface area is 149 Å². The van der Waals surface area contributed by atoms with Gasteiger partial charge in [0.15, 0.2) is 0 Å². The average Bonchev–Trinajstić information content (AvgIpc) is 2.80. The molecule has 1 fully saturated rings. The molecule has 120 valence electrons. The van der Waals surface area contributed by atoms with Crippen LogP contribution in [0.4, 0.5) is 0 Å². The van der Waals surface area contributed by atoms with Crippen LogP contribution in [0.3, 0.4) is 0 Å². The van der Waals surface area contributed by atoms with Crippen LogP contribution >= 0.6 is 27.7 Å². The van der Waals surface area contributed by atoms with Crippen molar-refractivity contribution in [2.24, 2.45) is 0 Å². The van der Waals surface area contributed by atoms with E-state index in [-0.39, 0.29) is 5.91 Å². The van der Waals surface area contributed by atoms with Crippen LogP contribution in [0.2, 0.25) is 0 Å². The van der Waals surface area contributed by atoms with Crippen LogP contribution in [0.5, 0.6) is 0 Å². The molecule has 1 aliphatic heterocycles. The van der Waals surface area contributed by atoms with Crippen molar-refractivity contribution in [3.8, 4) is 0 Å². The fraction of sp³-hybridized carbons (Fsp3) is 0.333. The normalized spacial score (nSPS) is 18.5. The molecule has 2 heterocycles. The molecule has 0 unspecified atom stereocenters. The van der Waals surface area contributed by atoms with Crippen molar-refractivity contribution >= 4 is 33.6 Å². The highest BCUT2D eigenvalue weighted by Crippen LogP contribution is 2.36. The number of benzene rings is 1. The SMILES string of the molecule is Cc1ccccc1[C@@H]1CCN(C(=O)c2cncc(Br)c2)CCS1. The van der Waals surface area contributed by atoms with Gasteiger partial charge in [-0.2, -0.15) is 11.8 Å². The number of aryl methyl sites for hydroxylation is 1. The Hall–Kier alpha value is -1.33. The van der Waals surface area contributed by atoms with Gasteiger partial charge in [-0.15, -0.1) is 0 Å². The zero-order valence-corrected chi connectivity index (χ0v) is 15.4. The van der Waals surface area contributed by atoms with Gasteiger partial charge in [0, 0.05) is 41.0 Å². The summed E-state index contributed by atoms with van der Waals surface area (Å²) < 4.78 is 0.838. The number of nitrogens with zero attached hydrogens (tertiary/aromatic N) is 2. The van der Waals surface area contributed by atoms with E-state index in [0.29, 0.717) is 10.8 Å². The number of hydrogen-bond donors (Lipinski definition) is 0. The van der Waals surface area contributed by atoms with Crippen molar-refractivity contribution in [3.63, 3.8) is 0 Å². The predicted molar refractivity (Wildman–Crippen MR) is 98.8 cm³/mol. The minimum atomic E-state index is 0.0739. The zero-order valence-electron chi connectivity index (χ0n) is 13.0. The fourth-order valence-electron chi connectivity index (χ4n) is 2.88. The summed E-state index contributed by atoms with van der Waals surface area (Å²) in [4.78, 5) is 18.7. The lowest BCUT2D eigenvalue weighted by atomic mass is 10.0. The first-order valence-corrected chi connectivity index (χ1v) is 9.56. The number of carbonyl (C=O) groups is 1. The van der Waals surface area contributed by atoms with E-state index in [4.69, 9.17) is 0 Å². The van der Waals surface area contributed by atoms with E-state index in [1.54, 1.807) is 12.4 Å². The van der Waals surface area contributed by atoms with Gasteiger partial charge in [-0.3, -0.25) is 9.78 Å². The number of amides is 1. The Morgan fingerprint density at radius 2 is 2.13 bits per heavy atom. The van der Waals surface area contributed by atoms with Gasteiger partial charge >= 0.3 is 0 Å². The van der Waals surface area contributed by atoms with Gasteiger partial charge in [0.25, 0.3) is 5.91 Å². The first-order valence-electron chi connectivity index (χ1n) is 7.72. The number of halogens is 1. The molecule has 0 spiro atoms. The Bertz CT molecular complexity index is 707. The summed E-state index contributed by atoms with van der Waals surface area (Å²) in [5, 5.41) is 0.467. The number of thioether (sulfide) groups is 1. The number of carbonyl (C=O) groups excluding carboxylic acids is 1. The third kappa shape index (κ3) is 3.96. The highest BCUT2D eigenvalue weighted by molar-refractivity contribution is 9.10. The summed E-state index contributed by atoms with van der Waals surface area (Å²) in [7, 11) is 0. The molecule has 1 atom stereocenters. The lowest BCUT2D eigenvalue weighted by Gasteiger charge is -2.20. The zero-order chi connectivity index (χ0) is 16.2. The number of hydrogen-bond acceptors (Lipinski definition) is 3. The van der Waals surface area contributed by atoms with Gasteiger partial charge in [0.2, 0.25) is 0 Å². The molecule has 0 N–H and O–H groups in total. The van der Waals surface area contributed by atoms with Crippen molar-refractivity contribution in [1.82, 2.24) is 9.88 Å². The minimum absolute atomic E-state index is 0.0739. The van der Waals surface area contributed by atoms with Gasteiger partial charge in [0.05, 0.1) is 5.56 Å². The van der Waals surface area contributed by atoms with E-state index in [0.717, 1.165) is 29.7 Å². The van der Waals surface area contributed by atoms with Crippen LogP contribution in [0.25, 0.3) is 0 Å². The maximum absolute atomic E-state index is 12.7. The van der Waals surface area contributed by atoms with E-state index in [2.05, 4.69) is 52.1 Å². The Kier molecular flexibility index (Phi) is 5.38. The van der Waals surface area contributed by atoms with E-state index in [1.165, 1.54) is 11.1 Å². The fourth-order valence-corrected chi connectivity index (χ4v) is 4.57. The van der Waals surface area contributed by atoms with Crippen LogP contribution in [0.15, 0.2) is 47.2 Å². The second-order valence-corrected chi connectivity index (χ2v) is 7.92. The largest absolute Gasteiger partial charge is 0.338 e. The van der Waals surface area contributed by atoms with Crippen molar-refractivity contribution < 1.29 is 4.79 Å². The Morgan fingerprint density at radius 1 is 1.30 bits per heavy atom. The molecular formula is C18H19BrN2OS. The topological polar surface area (TPSA) is 33.2 Å². The first kappa shape index (κ1) is 16.5. The van der Waals surface area contributed by atoms with Crippen LogP contribution in [0.1, 0.15) is 33.2 Å². The highest BCUT2D eigenvalue weighted by Gasteiger charge is 2.23. The summed E-state index contributed by atoms with van der Waals surface area (Å²) in [5.74, 6) is 1.04. The lowest BCUT2D eigenvalue weighted by molar-refractivity contribution is 0.0766. The van der Waals surface area contributed by atoms with Crippen molar-refractivity contribution in [2.75, 3.05) is 18.8 Å². The van der Waals surface area contributed by atoms with Crippen molar-refractivity contribution in [1.29, 1.82) is 0 Å². The van der Waals surface area contributed by atoms with Gasteiger partial charge < -0.3 is 4.90 Å². The third-order valence-electron chi connectivity index (χ3n) is 4.12. The minimum Gasteiger partial charge on any atom is -0.338 e. The summed E-state index contributed by atoms with van der Waals surface area (Å²) in [6, 6.07) is 10.4. The van der Waals surface area contributed by atoms with Gasteiger partial charge in [0.1, 0.15) is 0 Å². The number of pyridine rings is 1. The molecule has 0 bridgehead atoms. The number of aromatic nitrogens is 1. The molecule has 0 radical (unpaired) electrons. The highest BCUT2D eigenvalue weighted by atomic mass is 79.9. The van der Waals surface area contributed by atoms with E-state index in [1.807, 2.05) is 22.7 Å². The second kappa shape index (κ2) is 7.49. The van der Waals surface area contributed by atoms with Gasteiger partial charge in [-0.25, -0.2) is 0 Å². The summed E-state index contributed by atoms with van der Waals surface area (Å²) in [6.45, 7) is 3.74. The Balaban J connectivity index is 1.71. The third-order valence-corrected chi connectivity index (χ3v) is 5.86. The van der Waals surface area contributed by atoms with E-state index >= 15 is 0 Å². The molecule has 1 aromatic heterocycles. The Morgan fingerprint density at radius 3 is 2.91 bits per heavy atom. The summed E-state index contributed by atoms with van der Waals surface area (Å²) in [5.41, 5.74) is 3.38. The van der Waals surface area contributed by atoms with E-state index in [9.17, 15) is 4.79 Å². The molecule has 1 amide bonds. The van der Waals surface area contributed by atoms with Crippen molar-refractivity contribution in [3.05, 3.63) is 63.9 Å². The maximum atomic E-state index is 12.7. The average molecular weight is 391 g/mol. The van der Waals surface area contributed by atoms with Crippen molar-refractivity contribution in [2.45, 2.75) is 18.6 Å². The van der Waals surface area contributed by atoms with Crippen LogP contribution < -0.4 is 0 Å². The van der Waals surface area contributed by atoms with Crippen LogP contribution in [-0.4, -0.2) is 34.6 Å². The molecule has 1 aliphatic rings. The lowest BCUT2D eigenvalue weighted by Crippen LogP contribution is -2.33. The second-order valence-electron chi connectivity index (χ2n) is 5.69. The molecule has 1 aromatic carbocycles. The molecular weight excluding hydrogens is 372 g/mol. The smallest absolute Gasteiger partial charge is 0.255 e. The van der Waals surface area contributed by atoms with E-state index < -0.39 is 0 Å². The predicted octanol–water partition coefficient (Wildman–Crippen LogP) is 4.47. The number of rotatable bonds is 2. The standard InChI is InChI=1S/C18H19BrN2OS/c1-13-4-2-3-5-16(13)17-6-7-21(8-9-23-17)18(22)14-10-15(19)12-20-11-14/h2-5,10-12,17H,6-9H2,1H3/t17-/m0/s1. The quantitative estimate of drug-likeness (QED) is 0.757. The summed E-state index contributed by atoms with van der Waals surface area (Å²) in [6.07, 6.45) is 4.33. The van der Waals surface area contributed by atoms with Crippen LogP contribution in [0, 0.1) is 6.92 Å². The van der Waals surface area contributed by atoms with Gasteiger partial charge in [-0.05, 0) is 46.5 Å². The molecule has 3 nitrogen and oxygen atoms in total. The van der Waals surface area contributed by atoms with Crippen LogP contribution in [-0.2, 0) is 0 Å². The molecule has 3 rings (SSSR count). The van der Waals surface area contributed by atoms with Gasteiger partial charge in [-0.1, -0.05) is 24.3 Å². The molecule has 23 heavy (non-hydrogen) atoms.